The SMILES string of the molecule is Cc1ccc(NCCCCNc2ccccn2)nc1C#N. The van der Waals surface area contributed by atoms with Gasteiger partial charge < -0.3 is 10.6 Å². The van der Waals surface area contributed by atoms with Crippen LogP contribution in [0.2, 0.25) is 0 Å². The van der Waals surface area contributed by atoms with Gasteiger partial charge in [0.2, 0.25) is 0 Å². The zero-order valence-corrected chi connectivity index (χ0v) is 12.1. The van der Waals surface area contributed by atoms with Crippen molar-refractivity contribution in [2.24, 2.45) is 0 Å². The molecule has 0 atom stereocenters. The number of nitrogens with one attached hydrogen (secondary N) is 2. The van der Waals surface area contributed by atoms with E-state index in [2.05, 4.69) is 26.7 Å². The van der Waals surface area contributed by atoms with Crippen LogP contribution in [0.1, 0.15) is 24.1 Å². The molecule has 0 saturated carbocycles. The Kier molecular flexibility index (Phi) is 5.53. The lowest BCUT2D eigenvalue weighted by molar-refractivity contribution is 0.791. The number of pyridine rings is 2. The van der Waals surface area contributed by atoms with E-state index in [1.165, 1.54) is 0 Å². The molecular formula is C16H19N5. The van der Waals surface area contributed by atoms with Crippen LogP contribution in [0.5, 0.6) is 0 Å². The highest BCUT2D eigenvalue weighted by Crippen LogP contribution is 2.09. The van der Waals surface area contributed by atoms with Crippen molar-refractivity contribution in [1.29, 1.82) is 5.26 Å². The molecular weight excluding hydrogens is 262 g/mol. The summed E-state index contributed by atoms with van der Waals surface area (Å²) in [6, 6.07) is 11.7. The van der Waals surface area contributed by atoms with Crippen LogP contribution in [0, 0.1) is 18.3 Å². The number of hydrogen-bond acceptors (Lipinski definition) is 5. The number of anilines is 2. The Labute approximate surface area is 125 Å². The van der Waals surface area contributed by atoms with Gasteiger partial charge in [-0.05, 0) is 43.5 Å². The molecule has 2 aromatic rings. The number of rotatable bonds is 7. The molecule has 0 amide bonds. The molecule has 2 heterocycles. The molecule has 0 unspecified atom stereocenters. The molecule has 2 aromatic heterocycles. The van der Waals surface area contributed by atoms with E-state index in [9.17, 15) is 0 Å². The van der Waals surface area contributed by atoms with E-state index >= 15 is 0 Å². The second kappa shape index (κ2) is 7.85. The van der Waals surface area contributed by atoms with E-state index in [0.717, 1.165) is 43.1 Å². The number of nitriles is 1. The summed E-state index contributed by atoms with van der Waals surface area (Å²) in [4.78, 5) is 8.46. The Hall–Kier alpha value is -2.61. The maximum Gasteiger partial charge on any atom is 0.145 e. The van der Waals surface area contributed by atoms with Gasteiger partial charge in [0, 0.05) is 19.3 Å². The fraction of sp³-hybridized carbons (Fsp3) is 0.312. The lowest BCUT2D eigenvalue weighted by Crippen LogP contribution is -2.08. The largest absolute Gasteiger partial charge is 0.370 e. The number of nitrogens with zero attached hydrogens (tertiary/aromatic N) is 3. The van der Waals surface area contributed by atoms with Gasteiger partial charge in [0.05, 0.1) is 0 Å². The summed E-state index contributed by atoms with van der Waals surface area (Å²) in [6.45, 7) is 3.62. The van der Waals surface area contributed by atoms with Gasteiger partial charge in [0.25, 0.3) is 0 Å². The molecule has 5 nitrogen and oxygen atoms in total. The quantitative estimate of drug-likeness (QED) is 0.763. The first-order valence-electron chi connectivity index (χ1n) is 7.06. The van der Waals surface area contributed by atoms with Gasteiger partial charge >= 0.3 is 0 Å². The second-order valence-electron chi connectivity index (χ2n) is 4.75. The Morgan fingerprint density at radius 3 is 2.48 bits per heavy atom. The highest BCUT2D eigenvalue weighted by molar-refractivity contribution is 5.42. The van der Waals surface area contributed by atoms with E-state index in [1.807, 2.05) is 37.3 Å². The second-order valence-corrected chi connectivity index (χ2v) is 4.75. The minimum absolute atomic E-state index is 0.483. The van der Waals surface area contributed by atoms with Crippen LogP contribution in [0.3, 0.4) is 0 Å². The van der Waals surface area contributed by atoms with Crippen molar-refractivity contribution in [3.05, 3.63) is 47.8 Å². The predicted molar refractivity (Wildman–Crippen MR) is 84.1 cm³/mol. The van der Waals surface area contributed by atoms with Crippen LogP contribution < -0.4 is 10.6 Å². The summed E-state index contributed by atoms with van der Waals surface area (Å²) < 4.78 is 0. The minimum Gasteiger partial charge on any atom is -0.370 e. The Balaban J connectivity index is 1.65. The van der Waals surface area contributed by atoms with Crippen molar-refractivity contribution in [3.8, 4) is 6.07 Å². The third kappa shape index (κ3) is 4.77. The Morgan fingerprint density at radius 1 is 1.05 bits per heavy atom. The molecule has 0 aliphatic rings. The summed E-state index contributed by atoms with van der Waals surface area (Å²) in [5.41, 5.74) is 1.39. The minimum atomic E-state index is 0.483. The van der Waals surface area contributed by atoms with Crippen molar-refractivity contribution < 1.29 is 0 Å². The third-order valence-electron chi connectivity index (χ3n) is 3.08. The molecule has 0 spiro atoms. The van der Waals surface area contributed by atoms with E-state index < -0.39 is 0 Å². The number of aromatic nitrogens is 2. The van der Waals surface area contributed by atoms with Crippen molar-refractivity contribution >= 4 is 11.6 Å². The van der Waals surface area contributed by atoms with E-state index in [0.29, 0.717) is 5.69 Å². The third-order valence-corrected chi connectivity index (χ3v) is 3.08. The molecule has 0 saturated heterocycles. The molecule has 2 N–H and O–H groups in total. The number of aryl methyl sites for hydroxylation is 1. The maximum absolute atomic E-state index is 8.94. The zero-order valence-electron chi connectivity index (χ0n) is 12.1. The molecule has 5 heteroatoms. The monoisotopic (exact) mass is 281 g/mol. The lowest BCUT2D eigenvalue weighted by Gasteiger charge is -2.07. The standard InChI is InChI=1S/C16H19N5/c1-13-7-8-16(21-14(13)12-17)20-11-5-4-10-19-15-6-2-3-9-18-15/h2-3,6-9H,4-5,10-11H2,1H3,(H,18,19)(H,20,21). The fourth-order valence-corrected chi connectivity index (χ4v) is 1.89. The van der Waals surface area contributed by atoms with Crippen LogP contribution in [0.15, 0.2) is 36.5 Å². The molecule has 108 valence electrons. The van der Waals surface area contributed by atoms with Gasteiger partial charge in [-0.1, -0.05) is 12.1 Å². The van der Waals surface area contributed by atoms with Gasteiger partial charge in [-0.15, -0.1) is 0 Å². The summed E-state index contributed by atoms with van der Waals surface area (Å²) in [5, 5.41) is 15.4. The molecule has 0 fully saturated rings. The van der Waals surface area contributed by atoms with Gasteiger partial charge in [0.1, 0.15) is 23.4 Å². The molecule has 2 rings (SSSR count). The van der Waals surface area contributed by atoms with Crippen LogP contribution in [0.4, 0.5) is 11.6 Å². The zero-order chi connectivity index (χ0) is 14.9. The normalized spacial score (nSPS) is 9.90. The van der Waals surface area contributed by atoms with Gasteiger partial charge in [-0.3, -0.25) is 0 Å². The van der Waals surface area contributed by atoms with E-state index in [1.54, 1.807) is 6.20 Å². The highest BCUT2D eigenvalue weighted by Gasteiger charge is 2.00. The topological polar surface area (TPSA) is 73.6 Å². The lowest BCUT2D eigenvalue weighted by atomic mass is 10.2. The van der Waals surface area contributed by atoms with Crippen LogP contribution >= 0.6 is 0 Å². The van der Waals surface area contributed by atoms with Crippen LogP contribution in [-0.2, 0) is 0 Å². The first-order chi connectivity index (χ1) is 10.3. The maximum atomic E-state index is 8.94. The Morgan fingerprint density at radius 2 is 1.81 bits per heavy atom. The van der Waals surface area contributed by atoms with E-state index in [-0.39, 0.29) is 0 Å². The summed E-state index contributed by atoms with van der Waals surface area (Å²) >= 11 is 0. The first-order valence-corrected chi connectivity index (χ1v) is 7.06. The molecule has 0 aliphatic carbocycles. The van der Waals surface area contributed by atoms with Gasteiger partial charge in [-0.25, -0.2) is 9.97 Å². The smallest absolute Gasteiger partial charge is 0.145 e. The predicted octanol–water partition coefficient (Wildman–Crippen LogP) is 2.96. The summed E-state index contributed by atoms with van der Waals surface area (Å²) in [5.74, 6) is 1.67. The van der Waals surface area contributed by atoms with Gasteiger partial charge in [-0.2, -0.15) is 5.26 Å². The average molecular weight is 281 g/mol. The fourth-order valence-electron chi connectivity index (χ4n) is 1.89. The molecule has 0 bridgehead atoms. The van der Waals surface area contributed by atoms with E-state index in [4.69, 9.17) is 5.26 Å². The van der Waals surface area contributed by atoms with Crippen molar-refractivity contribution in [2.45, 2.75) is 19.8 Å². The van der Waals surface area contributed by atoms with Crippen molar-refractivity contribution in [2.75, 3.05) is 23.7 Å². The van der Waals surface area contributed by atoms with Crippen LogP contribution in [-0.4, -0.2) is 23.1 Å². The van der Waals surface area contributed by atoms with Crippen molar-refractivity contribution in [3.63, 3.8) is 0 Å². The Bertz CT molecular complexity index is 604. The van der Waals surface area contributed by atoms with Crippen LogP contribution in [0.25, 0.3) is 0 Å². The highest BCUT2D eigenvalue weighted by atomic mass is 15.0. The molecule has 0 aliphatic heterocycles. The first kappa shape index (κ1) is 14.8. The summed E-state index contributed by atoms with van der Waals surface area (Å²) in [6.07, 6.45) is 3.84. The summed E-state index contributed by atoms with van der Waals surface area (Å²) in [7, 11) is 0. The molecule has 0 aromatic carbocycles. The average Bonchev–Trinajstić information content (AvgIpc) is 2.53. The number of hydrogen-bond donors (Lipinski definition) is 2. The van der Waals surface area contributed by atoms with Gasteiger partial charge in [0.15, 0.2) is 0 Å². The van der Waals surface area contributed by atoms with Crippen molar-refractivity contribution in [1.82, 2.24) is 9.97 Å². The molecule has 21 heavy (non-hydrogen) atoms. The number of unbranched alkanes of at least 4 members (excludes halogenated alkanes) is 1. The molecule has 0 radical (unpaired) electrons.